The van der Waals surface area contributed by atoms with Crippen LogP contribution in [0.4, 0.5) is 0 Å². The third kappa shape index (κ3) is 8.70. The minimum atomic E-state index is -3.92. The van der Waals surface area contributed by atoms with Crippen LogP contribution in [0.1, 0.15) is 50.0 Å². The third-order valence-corrected chi connectivity index (χ3v) is 14.1. The Labute approximate surface area is 274 Å². The van der Waals surface area contributed by atoms with Crippen molar-refractivity contribution in [2.45, 2.75) is 69.0 Å². The molecule has 5 rings (SSSR count). The van der Waals surface area contributed by atoms with Gasteiger partial charge in [-0.2, -0.15) is 8.42 Å². The van der Waals surface area contributed by atoms with Gasteiger partial charge in [-0.1, -0.05) is 93.3 Å². The van der Waals surface area contributed by atoms with Crippen molar-refractivity contribution < 1.29 is 26.5 Å². The Bertz CT molecular complexity index is 1750. The monoisotopic (exact) mass is 652 g/mol. The Hall–Kier alpha value is -4.29. The molecule has 1 heterocycles. The number of rotatable bonds is 12. The van der Waals surface area contributed by atoms with E-state index >= 15 is 0 Å². The van der Waals surface area contributed by atoms with Crippen LogP contribution in [0.3, 0.4) is 0 Å². The molecule has 4 aromatic rings. The predicted molar refractivity (Wildman–Crippen MR) is 183 cm³/mol. The molecule has 0 radical (unpaired) electrons. The van der Waals surface area contributed by atoms with E-state index in [1.165, 1.54) is 12.1 Å². The van der Waals surface area contributed by atoms with Gasteiger partial charge >= 0.3 is 10.1 Å². The van der Waals surface area contributed by atoms with E-state index in [0.717, 1.165) is 46.3 Å². The highest BCUT2D eigenvalue weighted by Crippen LogP contribution is 2.35. The topological polar surface area (TPSA) is 71.1 Å². The second kappa shape index (κ2) is 15.3. The molecular formula is C38H40O6SSi. The summed E-state index contributed by atoms with van der Waals surface area (Å²) in [5, 5.41) is 0. The fraction of sp³-hybridized carbons (Fsp3) is 0.263. The van der Waals surface area contributed by atoms with Crippen LogP contribution < -0.4 is 8.92 Å². The molecule has 1 aliphatic rings. The molecule has 238 valence electrons. The number of hydrogen-bond donors (Lipinski definition) is 0. The fourth-order valence-corrected chi connectivity index (χ4v) is 8.87. The summed E-state index contributed by atoms with van der Waals surface area (Å²) in [6, 6.07) is 36.0. The minimum absolute atomic E-state index is 0.101. The van der Waals surface area contributed by atoms with Crippen molar-refractivity contribution in [3.8, 4) is 23.3 Å². The quantitative estimate of drug-likeness (QED) is 0.0866. The molecule has 0 fully saturated rings. The maximum atomic E-state index is 12.6. The van der Waals surface area contributed by atoms with E-state index < -0.39 is 18.4 Å². The predicted octanol–water partition coefficient (Wildman–Crippen LogP) is 8.82. The fourth-order valence-electron chi connectivity index (χ4n) is 5.28. The van der Waals surface area contributed by atoms with Crippen molar-refractivity contribution in [1.29, 1.82) is 0 Å². The molecule has 0 amide bonds. The molecular weight excluding hydrogens is 613 g/mol. The van der Waals surface area contributed by atoms with E-state index in [1.807, 2.05) is 54.6 Å². The molecule has 6 nitrogen and oxygen atoms in total. The first-order valence-electron chi connectivity index (χ1n) is 15.7. The highest BCUT2D eigenvalue weighted by atomic mass is 32.2. The van der Waals surface area contributed by atoms with Crippen molar-refractivity contribution in [2.75, 3.05) is 0 Å². The molecule has 0 aromatic heterocycles. The van der Waals surface area contributed by atoms with Crippen LogP contribution in [0.5, 0.6) is 11.5 Å². The van der Waals surface area contributed by atoms with Crippen LogP contribution in [0.2, 0.25) is 18.1 Å². The van der Waals surface area contributed by atoms with E-state index in [9.17, 15) is 8.42 Å². The molecule has 0 spiro atoms. The molecule has 8 heteroatoms. The van der Waals surface area contributed by atoms with Crippen LogP contribution in [0, 0.1) is 11.8 Å². The summed E-state index contributed by atoms with van der Waals surface area (Å²) in [7, 11) is -5.83. The lowest BCUT2D eigenvalue weighted by atomic mass is 10.0. The summed E-state index contributed by atoms with van der Waals surface area (Å²) < 4.78 is 49.8. The summed E-state index contributed by atoms with van der Waals surface area (Å²) in [4.78, 5) is 0.101. The summed E-state index contributed by atoms with van der Waals surface area (Å²) in [6.07, 6.45) is 1.96. The van der Waals surface area contributed by atoms with Crippen LogP contribution in [0.25, 0.3) is 0 Å². The Balaban J connectivity index is 1.31. The maximum Gasteiger partial charge on any atom is 0.339 e. The van der Waals surface area contributed by atoms with Gasteiger partial charge < -0.3 is 18.1 Å². The normalized spacial score (nSPS) is 16.5. The second-order valence-electron chi connectivity index (χ2n) is 11.2. The molecule has 0 aliphatic carbocycles. The average Bonchev–Trinajstić information content (AvgIpc) is 3.10. The van der Waals surface area contributed by atoms with Crippen LogP contribution >= 0.6 is 0 Å². The van der Waals surface area contributed by atoms with Crippen LogP contribution in [0.15, 0.2) is 126 Å². The summed E-state index contributed by atoms with van der Waals surface area (Å²) in [6.45, 7) is 7.17. The highest BCUT2D eigenvalue weighted by Gasteiger charge is 2.34. The lowest BCUT2D eigenvalue weighted by Crippen LogP contribution is -2.37. The van der Waals surface area contributed by atoms with Gasteiger partial charge in [-0.05, 0) is 83.9 Å². The average molecular weight is 653 g/mol. The van der Waals surface area contributed by atoms with Crippen LogP contribution in [-0.2, 0) is 25.9 Å². The Morgan fingerprint density at radius 1 is 0.783 bits per heavy atom. The van der Waals surface area contributed by atoms with Crippen molar-refractivity contribution >= 4 is 18.4 Å². The third-order valence-electron chi connectivity index (χ3n) is 8.24. The lowest BCUT2D eigenvalue weighted by molar-refractivity contribution is 0.0252. The Morgan fingerprint density at radius 3 is 2.02 bits per heavy atom. The van der Waals surface area contributed by atoms with Gasteiger partial charge in [0.05, 0.1) is 5.76 Å². The number of hydrogen-bond acceptors (Lipinski definition) is 6. The second-order valence-corrected chi connectivity index (χ2v) is 17.5. The molecule has 2 atom stereocenters. The van der Waals surface area contributed by atoms with E-state index in [4.69, 9.17) is 18.1 Å². The molecule has 0 bridgehead atoms. The maximum absolute atomic E-state index is 12.6. The Morgan fingerprint density at radius 2 is 1.39 bits per heavy atom. The van der Waals surface area contributed by atoms with E-state index in [0.29, 0.717) is 13.0 Å². The van der Waals surface area contributed by atoms with E-state index in [2.05, 4.69) is 38.7 Å². The minimum Gasteiger partial charge on any atom is -0.547 e. The zero-order valence-electron chi connectivity index (χ0n) is 26.5. The van der Waals surface area contributed by atoms with Gasteiger partial charge in [-0.3, -0.25) is 0 Å². The summed E-state index contributed by atoms with van der Waals surface area (Å²) in [5.74, 6) is 8.44. The number of benzene rings is 4. The molecule has 0 unspecified atom stereocenters. The smallest absolute Gasteiger partial charge is 0.339 e. The van der Waals surface area contributed by atoms with E-state index in [1.54, 1.807) is 42.5 Å². The summed E-state index contributed by atoms with van der Waals surface area (Å²) in [5.41, 5.74) is 2.83. The molecule has 0 saturated carbocycles. The van der Waals surface area contributed by atoms with Gasteiger partial charge in [0.1, 0.15) is 35.2 Å². The molecule has 0 N–H and O–H groups in total. The standard InChI is InChI=1S/C38H40O6SSi/c1-4-46(5-2,6-3)44-36-27-35(24-19-30-17-22-34(23-18-30)43-45(39,40)37-15-11-8-12-16-37)42-38(28-36)32-20-25-33(26-21-32)41-29-31-13-9-7-10-14-31/h7-18,20-23,25-26,28,35,38H,4-6,27,29H2,1-3H3/t35-,38-/m0/s1. The number of ether oxygens (including phenoxy) is 2. The first-order chi connectivity index (χ1) is 22.3. The first-order valence-corrected chi connectivity index (χ1v) is 19.7. The van der Waals surface area contributed by atoms with Crippen LogP contribution in [-0.4, -0.2) is 22.8 Å². The Kier molecular flexibility index (Phi) is 11.0. The summed E-state index contributed by atoms with van der Waals surface area (Å²) >= 11 is 0. The zero-order valence-corrected chi connectivity index (χ0v) is 28.3. The van der Waals surface area contributed by atoms with Crippen molar-refractivity contribution in [2.24, 2.45) is 0 Å². The SMILES string of the molecule is CC[Si](CC)(CC)OC1=C[C@@H](c2ccc(OCc3ccccc3)cc2)O[C@@H](C#Cc2ccc(OS(=O)(=O)c3ccccc3)cc2)C1. The molecule has 4 aromatic carbocycles. The molecule has 46 heavy (non-hydrogen) atoms. The van der Waals surface area contributed by atoms with Crippen molar-refractivity contribution in [3.05, 3.63) is 138 Å². The van der Waals surface area contributed by atoms with Gasteiger partial charge in [0.2, 0.25) is 8.32 Å². The largest absolute Gasteiger partial charge is 0.547 e. The van der Waals surface area contributed by atoms with Crippen molar-refractivity contribution in [3.63, 3.8) is 0 Å². The van der Waals surface area contributed by atoms with Gasteiger partial charge in [-0.15, -0.1) is 0 Å². The van der Waals surface area contributed by atoms with Crippen molar-refractivity contribution in [1.82, 2.24) is 0 Å². The highest BCUT2D eigenvalue weighted by molar-refractivity contribution is 7.87. The van der Waals surface area contributed by atoms with Gasteiger partial charge in [0.15, 0.2) is 0 Å². The lowest BCUT2D eigenvalue weighted by Gasteiger charge is -2.34. The van der Waals surface area contributed by atoms with Gasteiger partial charge in [-0.25, -0.2) is 0 Å². The van der Waals surface area contributed by atoms with Gasteiger partial charge in [0, 0.05) is 12.0 Å². The zero-order chi connectivity index (χ0) is 32.4. The first kappa shape index (κ1) is 33.1. The van der Waals surface area contributed by atoms with Gasteiger partial charge in [0.25, 0.3) is 0 Å². The van der Waals surface area contributed by atoms with E-state index in [-0.39, 0.29) is 22.9 Å². The molecule has 0 saturated heterocycles. The molecule has 1 aliphatic heterocycles.